The van der Waals surface area contributed by atoms with Crippen molar-refractivity contribution < 1.29 is 13.2 Å². The number of halogens is 4. The van der Waals surface area contributed by atoms with Crippen LogP contribution in [-0.4, -0.2) is 31.2 Å². The first-order valence-electron chi connectivity index (χ1n) is 11.5. The number of alkyl halides is 3. The van der Waals surface area contributed by atoms with Crippen LogP contribution in [0.5, 0.6) is 0 Å². The predicted molar refractivity (Wildman–Crippen MR) is 135 cm³/mol. The van der Waals surface area contributed by atoms with E-state index in [0.717, 1.165) is 35.5 Å². The molecule has 0 saturated heterocycles. The number of thiocarbonyl (C=S) groups is 1. The minimum absolute atomic E-state index is 0.0594. The lowest BCUT2D eigenvalue weighted by Gasteiger charge is -2.12. The van der Waals surface area contributed by atoms with Crippen molar-refractivity contribution in [3.8, 4) is 0 Å². The van der Waals surface area contributed by atoms with E-state index in [4.69, 9.17) is 23.8 Å². The van der Waals surface area contributed by atoms with Gasteiger partial charge in [0, 0.05) is 19.0 Å². The van der Waals surface area contributed by atoms with Crippen molar-refractivity contribution >= 4 is 34.6 Å². The van der Waals surface area contributed by atoms with E-state index < -0.39 is 11.9 Å². The minimum Gasteiger partial charge on any atom is -0.362 e. The first kappa shape index (κ1) is 25.5. The summed E-state index contributed by atoms with van der Waals surface area (Å²) in [6, 6.07) is 8.33. The maximum Gasteiger partial charge on any atom is 0.436 e. The fraction of sp³-hybridized carbons (Fsp3) is 0.458. The Labute approximate surface area is 212 Å². The van der Waals surface area contributed by atoms with E-state index in [1.165, 1.54) is 10.2 Å². The van der Waals surface area contributed by atoms with Gasteiger partial charge in [0.05, 0.1) is 34.3 Å². The first-order chi connectivity index (χ1) is 16.5. The van der Waals surface area contributed by atoms with Gasteiger partial charge in [-0.05, 0) is 57.8 Å². The highest BCUT2D eigenvalue weighted by atomic mass is 35.5. The Hall–Kier alpha value is -2.59. The van der Waals surface area contributed by atoms with E-state index in [2.05, 4.69) is 52.0 Å². The van der Waals surface area contributed by atoms with Crippen LogP contribution in [0.25, 0.3) is 0 Å². The highest BCUT2D eigenvalue weighted by Crippen LogP contribution is 2.46. The number of aryl methyl sites for hydroxylation is 3. The Kier molecular flexibility index (Phi) is 7.42. The molecule has 0 atom stereocenters. The highest BCUT2D eigenvalue weighted by Gasteiger charge is 2.41. The maximum absolute atomic E-state index is 13.2. The predicted octanol–water partition coefficient (Wildman–Crippen LogP) is 5.98. The molecule has 6 nitrogen and oxygen atoms in total. The summed E-state index contributed by atoms with van der Waals surface area (Å²) in [4.78, 5) is 0. The van der Waals surface area contributed by atoms with E-state index in [9.17, 15) is 13.2 Å². The Morgan fingerprint density at radius 2 is 1.80 bits per heavy atom. The van der Waals surface area contributed by atoms with E-state index in [0.29, 0.717) is 36.9 Å². The Balaban J connectivity index is 1.32. The van der Waals surface area contributed by atoms with Crippen LogP contribution in [0.2, 0.25) is 5.02 Å². The van der Waals surface area contributed by atoms with Gasteiger partial charge in [0.1, 0.15) is 0 Å². The molecule has 2 heterocycles. The second kappa shape index (κ2) is 10.2. The lowest BCUT2D eigenvalue weighted by molar-refractivity contribution is -0.141. The van der Waals surface area contributed by atoms with Gasteiger partial charge in [-0.15, -0.1) is 0 Å². The van der Waals surface area contributed by atoms with E-state index >= 15 is 0 Å². The van der Waals surface area contributed by atoms with Crippen LogP contribution in [0.4, 0.5) is 18.9 Å². The molecule has 0 radical (unpaired) electrons. The zero-order chi connectivity index (χ0) is 25.3. The summed E-state index contributed by atoms with van der Waals surface area (Å²) in [6.45, 7) is 7.42. The monoisotopic (exact) mass is 524 g/mol. The summed E-state index contributed by atoms with van der Waals surface area (Å²) in [5, 5.41) is 14.9. The SMILES string of the molecule is Cc1ccc(Cn2nc(C)c(NC(=S)NCCCn3nc(C(F)(F)F)c(Cl)c3C3CC3)c2C)cc1. The average Bonchev–Trinajstić information content (AvgIpc) is 3.51. The zero-order valence-electron chi connectivity index (χ0n) is 19.8. The summed E-state index contributed by atoms with van der Waals surface area (Å²) >= 11 is 11.5. The van der Waals surface area contributed by atoms with E-state index in [1.807, 2.05) is 18.5 Å². The van der Waals surface area contributed by atoms with Crippen molar-refractivity contribution in [3.63, 3.8) is 0 Å². The van der Waals surface area contributed by atoms with Crippen LogP contribution in [0, 0.1) is 20.8 Å². The van der Waals surface area contributed by atoms with Crippen LogP contribution in [0.1, 0.15) is 59.1 Å². The summed E-state index contributed by atoms with van der Waals surface area (Å²) in [5.41, 5.74) is 4.50. The summed E-state index contributed by atoms with van der Waals surface area (Å²) < 4.78 is 43.0. The van der Waals surface area contributed by atoms with Gasteiger partial charge in [-0.2, -0.15) is 23.4 Å². The van der Waals surface area contributed by atoms with E-state index in [-0.39, 0.29) is 10.9 Å². The van der Waals surface area contributed by atoms with Gasteiger partial charge in [0.25, 0.3) is 0 Å². The van der Waals surface area contributed by atoms with Crippen molar-refractivity contribution in [2.75, 3.05) is 11.9 Å². The third-order valence-electron chi connectivity index (χ3n) is 6.07. The summed E-state index contributed by atoms with van der Waals surface area (Å²) in [7, 11) is 0. The quantitative estimate of drug-likeness (QED) is 0.280. The summed E-state index contributed by atoms with van der Waals surface area (Å²) in [6.07, 6.45) is -2.34. The van der Waals surface area contributed by atoms with Crippen LogP contribution in [-0.2, 0) is 19.3 Å². The number of aromatic nitrogens is 4. The van der Waals surface area contributed by atoms with Gasteiger partial charge >= 0.3 is 6.18 Å². The third kappa shape index (κ3) is 5.98. The molecule has 11 heteroatoms. The van der Waals surface area contributed by atoms with Gasteiger partial charge in [-0.3, -0.25) is 9.36 Å². The highest BCUT2D eigenvalue weighted by molar-refractivity contribution is 7.80. The molecule has 3 aromatic rings. The molecule has 0 unspecified atom stereocenters. The van der Waals surface area contributed by atoms with Crippen molar-refractivity contribution in [2.24, 2.45) is 0 Å². The van der Waals surface area contributed by atoms with Crippen molar-refractivity contribution in [1.82, 2.24) is 24.9 Å². The molecule has 0 bridgehead atoms. The van der Waals surface area contributed by atoms with Gasteiger partial charge in [0.2, 0.25) is 0 Å². The van der Waals surface area contributed by atoms with Crippen molar-refractivity contribution in [2.45, 2.75) is 65.2 Å². The Morgan fingerprint density at radius 3 is 2.43 bits per heavy atom. The van der Waals surface area contributed by atoms with Crippen molar-refractivity contribution in [1.29, 1.82) is 0 Å². The molecule has 1 aliphatic rings. The van der Waals surface area contributed by atoms with Gasteiger partial charge < -0.3 is 10.6 Å². The number of hydrogen-bond donors (Lipinski definition) is 2. The van der Waals surface area contributed by atoms with Crippen LogP contribution < -0.4 is 10.6 Å². The maximum atomic E-state index is 13.2. The number of benzene rings is 1. The third-order valence-corrected chi connectivity index (χ3v) is 6.69. The molecule has 1 aliphatic carbocycles. The van der Waals surface area contributed by atoms with Crippen LogP contribution in [0.15, 0.2) is 24.3 Å². The second-order valence-electron chi connectivity index (χ2n) is 8.97. The molecule has 35 heavy (non-hydrogen) atoms. The molecule has 0 spiro atoms. The van der Waals surface area contributed by atoms with Gasteiger partial charge in [-0.25, -0.2) is 0 Å². The zero-order valence-corrected chi connectivity index (χ0v) is 21.4. The molecule has 2 N–H and O–H groups in total. The fourth-order valence-electron chi connectivity index (χ4n) is 4.04. The number of rotatable bonds is 8. The molecule has 2 aromatic heterocycles. The van der Waals surface area contributed by atoms with Gasteiger partial charge in [0.15, 0.2) is 10.8 Å². The molecule has 188 valence electrons. The number of nitrogens with zero attached hydrogens (tertiary/aromatic N) is 4. The molecule has 0 amide bonds. The molecule has 1 fully saturated rings. The smallest absolute Gasteiger partial charge is 0.362 e. The lowest BCUT2D eigenvalue weighted by Crippen LogP contribution is -2.30. The molecule has 0 aliphatic heterocycles. The molecular weight excluding hydrogens is 497 g/mol. The standard InChI is InChI=1S/C24H28ClF3N6S/c1-14-5-7-17(8-6-14)13-34-16(3)20(15(2)31-34)30-23(35)29-11-4-12-33-21(18-9-10-18)19(25)22(32-33)24(26,27)28/h5-8,18H,4,9-13H2,1-3H3,(H2,29,30,35). The molecule has 4 rings (SSSR count). The van der Waals surface area contributed by atoms with Crippen molar-refractivity contribution in [3.05, 3.63) is 63.2 Å². The number of anilines is 1. The Bertz CT molecular complexity index is 1210. The molecular formula is C24H28ClF3N6S. The van der Waals surface area contributed by atoms with E-state index in [1.54, 1.807) is 0 Å². The second-order valence-corrected chi connectivity index (χ2v) is 9.75. The average molecular weight is 525 g/mol. The number of nitrogens with one attached hydrogen (secondary N) is 2. The van der Waals surface area contributed by atoms with Gasteiger partial charge in [-0.1, -0.05) is 41.4 Å². The molecule has 1 aromatic carbocycles. The topological polar surface area (TPSA) is 59.7 Å². The largest absolute Gasteiger partial charge is 0.436 e. The van der Waals surface area contributed by atoms with Crippen LogP contribution >= 0.6 is 23.8 Å². The normalized spacial score (nSPS) is 13.8. The first-order valence-corrected chi connectivity index (χ1v) is 12.3. The Morgan fingerprint density at radius 1 is 1.11 bits per heavy atom. The molecule has 1 saturated carbocycles. The fourth-order valence-corrected chi connectivity index (χ4v) is 4.64. The minimum atomic E-state index is -4.56. The lowest BCUT2D eigenvalue weighted by atomic mass is 10.1. The summed E-state index contributed by atoms with van der Waals surface area (Å²) in [5.74, 6) is 0.0594. The van der Waals surface area contributed by atoms with Crippen LogP contribution in [0.3, 0.4) is 0 Å². The number of hydrogen-bond acceptors (Lipinski definition) is 3.